The highest BCUT2D eigenvalue weighted by atomic mass is 19.1. The van der Waals surface area contributed by atoms with Gasteiger partial charge in [-0.1, -0.05) is 24.3 Å². The van der Waals surface area contributed by atoms with Crippen LogP contribution >= 0.6 is 0 Å². The zero-order chi connectivity index (χ0) is 25.0. The number of hydrogen-bond acceptors (Lipinski definition) is 7. The van der Waals surface area contributed by atoms with Crippen LogP contribution in [-0.4, -0.2) is 25.1 Å². The molecule has 1 N–H and O–H groups in total. The molecule has 0 aliphatic carbocycles. The Balaban J connectivity index is 1.26. The van der Waals surface area contributed by atoms with Crippen molar-refractivity contribution >= 4 is 22.3 Å². The van der Waals surface area contributed by atoms with E-state index in [-0.39, 0.29) is 5.82 Å². The molecule has 3 heterocycles. The van der Waals surface area contributed by atoms with Crippen molar-refractivity contribution in [3.63, 3.8) is 0 Å². The Morgan fingerprint density at radius 3 is 2.30 bits per heavy atom. The maximum Gasteiger partial charge on any atom is 0.228 e. The van der Waals surface area contributed by atoms with E-state index in [1.807, 2.05) is 66.7 Å². The monoisotopic (exact) mass is 486 g/mol. The minimum Gasteiger partial charge on any atom is -0.438 e. The molecule has 0 amide bonds. The number of aromatic nitrogens is 5. The third-order valence-corrected chi connectivity index (χ3v) is 5.77. The fraction of sp³-hybridized carbons (Fsp3) is 0. The number of benzene rings is 3. The quantitative estimate of drug-likeness (QED) is 0.276. The van der Waals surface area contributed by atoms with Gasteiger partial charge in [0, 0.05) is 34.4 Å². The minimum absolute atomic E-state index is 0.292. The van der Waals surface area contributed by atoms with Crippen LogP contribution in [0.25, 0.3) is 33.3 Å². The van der Waals surface area contributed by atoms with Crippen molar-refractivity contribution in [3.8, 4) is 34.1 Å². The van der Waals surface area contributed by atoms with Crippen LogP contribution in [0.15, 0.2) is 110 Å². The zero-order valence-electron chi connectivity index (χ0n) is 19.4. The molecule has 0 saturated heterocycles. The molecule has 8 heteroatoms. The third-order valence-electron chi connectivity index (χ3n) is 5.77. The number of pyridine rings is 1. The molecule has 7 nitrogen and oxygen atoms in total. The van der Waals surface area contributed by atoms with Crippen LogP contribution in [0.3, 0.4) is 0 Å². The van der Waals surface area contributed by atoms with Crippen molar-refractivity contribution in [2.75, 3.05) is 5.32 Å². The van der Waals surface area contributed by atoms with E-state index in [0.29, 0.717) is 23.1 Å². The van der Waals surface area contributed by atoms with Gasteiger partial charge in [0.2, 0.25) is 5.88 Å². The average Bonchev–Trinajstić information content (AvgIpc) is 2.96. The second kappa shape index (κ2) is 9.79. The van der Waals surface area contributed by atoms with E-state index in [1.165, 1.54) is 18.5 Å². The maximum absolute atomic E-state index is 13.4. The van der Waals surface area contributed by atoms with E-state index in [4.69, 9.17) is 4.74 Å². The summed E-state index contributed by atoms with van der Waals surface area (Å²) in [6.07, 6.45) is 4.85. The predicted molar refractivity (Wildman–Crippen MR) is 140 cm³/mol. The van der Waals surface area contributed by atoms with Gasteiger partial charge < -0.3 is 10.1 Å². The summed E-state index contributed by atoms with van der Waals surface area (Å²) < 4.78 is 19.5. The largest absolute Gasteiger partial charge is 0.438 e. The molecule has 0 atom stereocenters. The van der Waals surface area contributed by atoms with Gasteiger partial charge in [-0.2, -0.15) is 0 Å². The Labute approximate surface area is 211 Å². The van der Waals surface area contributed by atoms with Crippen molar-refractivity contribution in [1.82, 2.24) is 25.1 Å². The van der Waals surface area contributed by atoms with Crippen LogP contribution < -0.4 is 10.1 Å². The van der Waals surface area contributed by atoms with Crippen LogP contribution in [0, 0.1) is 5.82 Å². The molecule has 0 saturated carbocycles. The van der Waals surface area contributed by atoms with Crippen molar-refractivity contribution in [3.05, 3.63) is 116 Å². The molecule has 0 aliphatic heterocycles. The number of ether oxygens (including phenoxy) is 1. The topological polar surface area (TPSA) is 85.7 Å². The lowest BCUT2D eigenvalue weighted by Gasteiger charge is -2.12. The molecule has 0 spiro atoms. The summed E-state index contributed by atoms with van der Waals surface area (Å²) >= 11 is 0. The second-order valence-electron chi connectivity index (χ2n) is 8.15. The molecule has 0 aliphatic rings. The van der Waals surface area contributed by atoms with Gasteiger partial charge in [-0.15, -0.1) is 10.2 Å². The summed E-state index contributed by atoms with van der Waals surface area (Å²) in [4.78, 5) is 12.6. The lowest BCUT2D eigenvalue weighted by molar-refractivity contribution is 0.465. The van der Waals surface area contributed by atoms with Crippen LogP contribution in [0.4, 0.5) is 15.9 Å². The van der Waals surface area contributed by atoms with Crippen molar-refractivity contribution < 1.29 is 9.13 Å². The van der Waals surface area contributed by atoms with E-state index in [1.54, 1.807) is 24.5 Å². The van der Waals surface area contributed by atoms with Gasteiger partial charge in [-0.25, -0.2) is 19.3 Å². The first kappa shape index (κ1) is 22.2. The highest BCUT2D eigenvalue weighted by Crippen LogP contribution is 2.33. The van der Waals surface area contributed by atoms with Crippen molar-refractivity contribution in [2.24, 2.45) is 0 Å². The van der Waals surface area contributed by atoms with Crippen molar-refractivity contribution in [1.29, 1.82) is 0 Å². The predicted octanol–water partition coefficient (Wildman–Crippen LogP) is 6.82. The highest BCUT2D eigenvalue weighted by molar-refractivity contribution is 6.00. The zero-order valence-corrected chi connectivity index (χ0v) is 19.4. The SMILES string of the molecule is Fc1ccc(-c2nnc(Nc3ccc(Oc4ncccc4-c4ccncn4)cc3)c3ccccc23)cc1. The van der Waals surface area contributed by atoms with Crippen LogP contribution in [0.1, 0.15) is 0 Å². The molecule has 3 aromatic heterocycles. The summed E-state index contributed by atoms with van der Waals surface area (Å²) in [6, 6.07) is 27.1. The van der Waals surface area contributed by atoms with Gasteiger partial charge in [-0.05, 0) is 66.7 Å². The van der Waals surface area contributed by atoms with Gasteiger partial charge in [0.1, 0.15) is 23.6 Å². The lowest BCUT2D eigenvalue weighted by atomic mass is 10.0. The molecular weight excluding hydrogens is 467 g/mol. The van der Waals surface area contributed by atoms with Gasteiger partial charge in [-0.3, -0.25) is 0 Å². The Bertz CT molecular complexity index is 1680. The Morgan fingerprint density at radius 2 is 1.51 bits per heavy atom. The number of anilines is 2. The smallest absolute Gasteiger partial charge is 0.228 e. The lowest BCUT2D eigenvalue weighted by Crippen LogP contribution is -1.99. The van der Waals surface area contributed by atoms with E-state index in [2.05, 4.69) is 30.5 Å². The first-order valence-electron chi connectivity index (χ1n) is 11.5. The third kappa shape index (κ3) is 4.68. The maximum atomic E-state index is 13.4. The summed E-state index contributed by atoms with van der Waals surface area (Å²) in [7, 11) is 0. The molecule has 178 valence electrons. The molecule has 0 bridgehead atoms. The van der Waals surface area contributed by atoms with Gasteiger partial charge in [0.05, 0.1) is 11.3 Å². The summed E-state index contributed by atoms with van der Waals surface area (Å²) in [5.74, 6) is 1.41. The molecule has 0 fully saturated rings. The van der Waals surface area contributed by atoms with Crippen LogP contribution in [0.5, 0.6) is 11.6 Å². The number of halogens is 1. The molecule has 0 unspecified atom stereocenters. The number of nitrogens with one attached hydrogen (secondary N) is 1. The van der Waals surface area contributed by atoms with Crippen LogP contribution in [-0.2, 0) is 0 Å². The molecule has 37 heavy (non-hydrogen) atoms. The van der Waals surface area contributed by atoms with Gasteiger partial charge in [0.25, 0.3) is 0 Å². The summed E-state index contributed by atoms with van der Waals surface area (Å²) in [5, 5.41) is 14.0. The number of nitrogens with zero attached hydrogens (tertiary/aromatic N) is 5. The van der Waals surface area contributed by atoms with E-state index in [0.717, 1.165) is 33.3 Å². The fourth-order valence-corrected chi connectivity index (χ4v) is 3.99. The van der Waals surface area contributed by atoms with Gasteiger partial charge >= 0.3 is 0 Å². The Hall–Kier alpha value is -5.24. The van der Waals surface area contributed by atoms with E-state index < -0.39 is 0 Å². The summed E-state index contributed by atoms with van der Waals surface area (Å²) in [6.45, 7) is 0. The first-order chi connectivity index (χ1) is 18.2. The van der Waals surface area contributed by atoms with Crippen LogP contribution in [0.2, 0.25) is 0 Å². The molecule has 3 aromatic carbocycles. The minimum atomic E-state index is -0.292. The van der Waals surface area contributed by atoms with Crippen molar-refractivity contribution in [2.45, 2.75) is 0 Å². The van der Waals surface area contributed by atoms with Gasteiger partial charge in [0.15, 0.2) is 5.82 Å². The second-order valence-corrected chi connectivity index (χ2v) is 8.15. The number of fused-ring (bicyclic) bond motifs is 1. The van der Waals surface area contributed by atoms with E-state index >= 15 is 0 Å². The Kier molecular flexibility index (Phi) is 5.88. The van der Waals surface area contributed by atoms with E-state index in [9.17, 15) is 4.39 Å². The number of rotatable bonds is 6. The molecule has 6 rings (SSSR count). The fourth-order valence-electron chi connectivity index (χ4n) is 3.99. The normalized spacial score (nSPS) is 10.8. The molecular formula is C29H19FN6O. The molecule has 0 radical (unpaired) electrons. The summed E-state index contributed by atoms with van der Waals surface area (Å²) in [5.41, 5.74) is 3.81. The first-order valence-corrected chi connectivity index (χ1v) is 11.5. The average molecular weight is 487 g/mol. The highest BCUT2D eigenvalue weighted by Gasteiger charge is 2.12. The Morgan fingerprint density at radius 1 is 0.703 bits per heavy atom. The standard InChI is InChI=1S/C29H19FN6O/c30-20-9-7-19(8-10-20)27-23-4-1-2-5-24(23)28(36-35-27)34-21-11-13-22(14-12-21)37-29-25(6-3-16-32-29)26-15-17-31-18-33-26/h1-18H,(H,34,36). The molecule has 6 aromatic rings. The number of hydrogen-bond donors (Lipinski definition) is 1.